The van der Waals surface area contributed by atoms with Crippen molar-refractivity contribution in [2.24, 2.45) is 0 Å². The first-order valence-corrected chi connectivity index (χ1v) is 8.65. The van der Waals surface area contributed by atoms with Gasteiger partial charge in [-0.25, -0.2) is 9.78 Å². The van der Waals surface area contributed by atoms with Crippen LogP contribution in [0.4, 0.5) is 4.79 Å². The Morgan fingerprint density at radius 3 is 3.00 bits per heavy atom. The monoisotopic (exact) mass is 321 g/mol. The van der Waals surface area contributed by atoms with Crippen LogP contribution in [-0.4, -0.2) is 77.8 Å². The molecule has 1 aromatic rings. The smallest absolute Gasteiger partial charge is 0.317 e. The van der Waals surface area contributed by atoms with Crippen molar-refractivity contribution < 1.29 is 9.53 Å². The van der Waals surface area contributed by atoms with Gasteiger partial charge in [0.1, 0.15) is 0 Å². The highest BCUT2D eigenvalue weighted by Gasteiger charge is 2.28. The quantitative estimate of drug-likeness (QED) is 0.843. The summed E-state index contributed by atoms with van der Waals surface area (Å²) in [6, 6.07) is 0.400. The number of rotatable bonds is 5. The Bertz CT molecular complexity index is 473. The Kier molecular flexibility index (Phi) is 5.87. The molecule has 1 atom stereocenters. The lowest BCUT2D eigenvalue weighted by atomic mass is 10.0. The normalized spacial score (nSPS) is 23.0. The Hall–Kier alpha value is -1.60. The van der Waals surface area contributed by atoms with Gasteiger partial charge >= 0.3 is 6.03 Å². The number of likely N-dealkylation sites (tertiary alicyclic amines) is 1. The number of carbonyl (C=O) groups is 1. The summed E-state index contributed by atoms with van der Waals surface area (Å²) in [6.07, 6.45) is 7.67. The Morgan fingerprint density at radius 2 is 2.22 bits per heavy atom. The van der Waals surface area contributed by atoms with Crippen molar-refractivity contribution in [3.05, 3.63) is 18.2 Å². The van der Waals surface area contributed by atoms with Gasteiger partial charge in [-0.15, -0.1) is 0 Å². The van der Waals surface area contributed by atoms with Crippen LogP contribution in [0.2, 0.25) is 0 Å². The molecule has 2 saturated heterocycles. The molecular weight excluding hydrogens is 294 g/mol. The number of piperidine rings is 1. The number of nitrogens with one attached hydrogen (secondary N) is 2. The molecule has 7 heteroatoms. The van der Waals surface area contributed by atoms with E-state index >= 15 is 0 Å². The van der Waals surface area contributed by atoms with Crippen molar-refractivity contribution in [2.75, 3.05) is 45.9 Å². The van der Waals surface area contributed by atoms with Gasteiger partial charge in [0.05, 0.1) is 19.5 Å². The molecule has 0 saturated carbocycles. The minimum Gasteiger partial charge on any atom is -0.379 e. The van der Waals surface area contributed by atoms with E-state index in [0.29, 0.717) is 12.6 Å². The van der Waals surface area contributed by atoms with E-state index in [1.807, 2.05) is 4.90 Å². The summed E-state index contributed by atoms with van der Waals surface area (Å²) >= 11 is 0. The van der Waals surface area contributed by atoms with E-state index in [0.717, 1.165) is 64.3 Å². The van der Waals surface area contributed by atoms with Gasteiger partial charge in [0.25, 0.3) is 0 Å². The van der Waals surface area contributed by atoms with Crippen molar-refractivity contribution in [1.82, 2.24) is 25.1 Å². The van der Waals surface area contributed by atoms with Crippen LogP contribution in [0.3, 0.4) is 0 Å². The molecule has 3 rings (SSSR count). The third-order valence-electron chi connectivity index (χ3n) is 4.69. The van der Waals surface area contributed by atoms with Gasteiger partial charge in [-0.1, -0.05) is 0 Å². The van der Waals surface area contributed by atoms with E-state index in [9.17, 15) is 4.79 Å². The van der Waals surface area contributed by atoms with Gasteiger partial charge in [-0.2, -0.15) is 0 Å². The number of hydrogen-bond donors (Lipinski definition) is 2. The zero-order valence-corrected chi connectivity index (χ0v) is 13.7. The van der Waals surface area contributed by atoms with E-state index in [1.165, 1.54) is 6.42 Å². The minimum absolute atomic E-state index is 0.0717. The lowest BCUT2D eigenvalue weighted by molar-refractivity contribution is 0.0221. The highest BCUT2D eigenvalue weighted by atomic mass is 16.5. The first-order chi connectivity index (χ1) is 11.3. The van der Waals surface area contributed by atoms with Crippen LogP contribution in [0.15, 0.2) is 12.5 Å². The summed E-state index contributed by atoms with van der Waals surface area (Å²) in [5.41, 5.74) is 1.05. The average molecular weight is 321 g/mol. The van der Waals surface area contributed by atoms with Gasteiger partial charge in [0.15, 0.2) is 0 Å². The predicted octanol–water partition coefficient (Wildman–Crippen LogP) is 0.849. The Labute approximate surface area is 137 Å². The number of aromatic nitrogens is 2. The topological polar surface area (TPSA) is 73.5 Å². The Balaban J connectivity index is 1.47. The van der Waals surface area contributed by atoms with Crippen molar-refractivity contribution in [2.45, 2.75) is 31.7 Å². The maximum Gasteiger partial charge on any atom is 0.317 e. The maximum atomic E-state index is 12.5. The fourth-order valence-electron chi connectivity index (χ4n) is 3.37. The van der Waals surface area contributed by atoms with Crippen LogP contribution in [0.25, 0.3) is 0 Å². The number of H-pyrrole nitrogens is 1. The number of hydrogen-bond acceptors (Lipinski definition) is 4. The average Bonchev–Trinajstić information content (AvgIpc) is 3.09. The highest BCUT2D eigenvalue weighted by molar-refractivity contribution is 5.74. The molecule has 128 valence electrons. The third kappa shape index (κ3) is 4.68. The number of aromatic amines is 1. The number of carbonyl (C=O) groups excluding carboxylic acids is 1. The highest BCUT2D eigenvalue weighted by Crippen LogP contribution is 2.18. The Morgan fingerprint density at radius 1 is 1.35 bits per heavy atom. The zero-order chi connectivity index (χ0) is 15.9. The molecule has 2 N–H and O–H groups in total. The SMILES string of the molecule is O=C(NCCc1cnc[nH]1)N1CCCCC1CN1CCOCC1. The largest absolute Gasteiger partial charge is 0.379 e. The third-order valence-corrected chi connectivity index (χ3v) is 4.69. The molecule has 0 bridgehead atoms. The molecule has 0 radical (unpaired) electrons. The second-order valence-corrected chi connectivity index (χ2v) is 6.31. The van der Waals surface area contributed by atoms with E-state index in [4.69, 9.17) is 4.74 Å². The van der Waals surface area contributed by atoms with Crippen LogP contribution in [0.1, 0.15) is 25.0 Å². The number of urea groups is 1. The van der Waals surface area contributed by atoms with E-state index in [1.54, 1.807) is 12.5 Å². The number of morpholine rings is 1. The van der Waals surface area contributed by atoms with Crippen LogP contribution < -0.4 is 5.32 Å². The van der Waals surface area contributed by atoms with Crippen LogP contribution in [0.5, 0.6) is 0 Å². The fraction of sp³-hybridized carbons (Fsp3) is 0.750. The second kappa shape index (κ2) is 8.31. The number of ether oxygens (including phenoxy) is 1. The van der Waals surface area contributed by atoms with Gasteiger partial charge in [0, 0.05) is 57.1 Å². The van der Waals surface area contributed by atoms with Gasteiger partial charge in [-0.3, -0.25) is 4.90 Å². The van der Waals surface area contributed by atoms with Crippen LogP contribution >= 0.6 is 0 Å². The second-order valence-electron chi connectivity index (χ2n) is 6.31. The number of amides is 2. The summed E-state index contributed by atoms with van der Waals surface area (Å²) in [5.74, 6) is 0. The molecule has 23 heavy (non-hydrogen) atoms. The standard InChI is InChI=1S/C16H27N5O2/c22-16(18-5-4-14-11-17-13-19-14)21-6-2-1-3-15(21)12-20-7-9-23-10-8-20/h11,13,15H,1-10,12H2,(H,17,19)(H,18,22). The van der Waals surface area contributed by atoms with E-state index in [2.05, 4.69) is 20.2 Å². The molecule has 7 nitrogen and oxygen atoms in total. The molecule has 1 aromatic heterocycles. The lowest BCUT2D eigenvalue weighted by Crippen LogP contribution is -2.54. The summed E-state index contributed by atoms with van der Waals surface area (Å²) in [5, 5.41) is 3.05. The minimum atomic E-state index is 0.0717. The summed E-state index contributed by atoms with van der Waals surface area (Å²) in [4.78, 5) is 24.0. The van der Waals surface area contributed by atoms with Crippen molar-refractivity contribution >= 4 is 6.03 Å². The summed E-state index contributed by atoms with van der Waals surface area (Å²) in [7, 11) is 0. The van der Waals surface area contributed by atoms with Gasteiger partial charge in [-0.05, 0) is 19.3 Å². The molecule has 0 aromatic carbocycles. The number of nitrogens with zero attached hydrogens (tertiary/aromatic N) is 3. The van der Waals surface area contributed by atoms with Crippen LogP contribution in [-0.2, 0) is 11.2 Å². The molecule has 0 spiro atoms. The molecule has 1 unspecified atom stereocenters. The van der Waals surface area contributed by atoms with Gasteiger partial charge < -0.3 is 19.9 Å². The molecular formula is C16H27N5O2. The van der Waals surface area contributed by atoms with Crippen LogP contribution in [0, 0.1) is 0 Å². The van der Waals surface area contributed by atoms with Crippen molar-refractivity contribution in [3.63, 3.8) is 0 Å². The number of imidazole rings is 1. The zero-order valence-electron chi connectivity index (χ0n) is 13.7. The van der Waals surface area contributed by atoms with Crippen molar-refractivity contribution in [1.29, 1.82) is 0 Å². The van der Waals surface area contributed by atoms with Crippen molar-refractivity contribution in [3.8, 4) is 0 Å². The lowest BCUT2D eigenvalue weighted by Gasteiger charge is -2.39. The maximum absolute atomic E-state index is 12.5. The molecule has 0 aliphatic carbocycles. The summed E-state index contributed by atoms with van der Waals surface area (Å²) < 4.78 is 5.41. The molecule has 2 amide bonds. The molecule has 2 fully saturated rings. The summed E-state index contributed by atoms with van der Waals surface area (Å²) in [6.45, 7) is 6.05. The molecule has 3 heterocycles. The fourth-order valence-corrected chi connectivity index (χ4v) is 3.37. The molecule has 2 aliphatic rings. The first kappa shape index (κ1) is 16.3. The first-order valence-electron chi connectivity index (χ1n) is 8.65. The van der Waals surface area contributed by atoms with E-state index in [-0.39, 0.29) is 6.03 Å². The molecule has 2 aliphatic heterocycles. The van der Waals surface area contributed by atoms with E-state index < -0.39 is 0 Å². The predicted molar refractivity (Wildman–Crippen MR) is 87.3 cm³/mol. The van der Waals surface area contributed by atoms with Gasteiger partial charge in [0.2, 0.25) is 0 Å².